The first-order valence-electron chi connectivity index (χ1n) is 5.08. The lowest BCUT2D eigenvalue weighted by molar-refractivity contribution is 0.0414. The van der Waals surface area contributed by atoms with Crippen molar-refractivity contribution in [3.63, 3.8) is 0 Å². The molecule has 4 N–H and O–H groups in total. The van der Waals surface area contributed by atoms with Crippen LogP contribution >= 0.6 is 11.6 Å². The molecule has 0 atom stereocenters. The van der Waals surface area contributed by atoms with Crippen LogP contribution in [0.15, 0.2) is 18.2 Å². The molecule has 1 aromatic rings. The van der Waals surface area contributed by atoms with Crippen molar-refractivity contribution in [2.75, 3.05) is 19.8 Å². The van der Waals surface area contributed by atoms with E-state index in [4.69, 9.17) is 26.9 Å². The second kappa shape index (κ2) is 6.28. The van der Waals surface area contributed by atoms with E-state index < -0.39 is 31.2 Å². The number of benzene rings is 1. The molecule has 0 bridgehead atoms. The van der Waals surface area contributed by atoms with E-state index in [2.05, 4.69) is 5.32 Å². The van der Waals surface area contributed by atoms with Gasteiger partial charge < -0.3 is 20.6 Å². The Bertz CT molecular complexity index is 343. The van der Waals surface area contributed by atoms with Crippen LogP contribution in [0.25, 0.3) is 0 Å². The van der Waals surface area contributed by atoms with E-state index in [-0.39, 0.29) is 11.6 Å². The van der Waals surface area contributed by atoms with Crippen LogP contribution < -0.4 is 5.32 Å². The maximum atomic E-state index is 13.0. The Hall–Kier alpha value is -0.720. The highest BCUT2D eigenvalue weighted by molar-refractivity contribution is 6.30. The highest BCUT2D eigenvalue weighted by atomic mass is 35.5. The van der Waals surface area contributed by atoms with Gasteiger partial charge in [-0.05, 0) is 23.8 Å². The average molecular weight is 264 g/mol. The molecule has 0 unspecified atom stereocenters. The predicted molar refractivity (Wildman–Crippen MR) is 62.2 cm³/mol. The fourth-order valence-corrected chi connectivity index (χ4v) is 1.56. The molecule has 0 spiro atoms. The zero-order valence-corrected chi connectivity index (χ0v) is 9.91. The monoisotopic (exact) mass is 263 g/mol. The lowest BCUT2D eigenvalue weighted by Gasteiger charge is -2.28. The number of hydrogen-bond acceptors (Lipinski definition) is 4. The van der Waals surface area contributed by atoms with E-state index >= 15 is 0 Å². The molecule has 0 saturated heterocycles. The van der Waals surface area contributed by atoms with Gasteiger partial charge in [0.05, 0.1) is 25.4 Å². The van der Waals surface area contributed by atoms with Crippen molar-refractivity contribution in [1.29, 1.82) is 0 Å². The first kappa shape index (κ1) is 14.3. The summed E-state index contributed by atoms with van der Waals surface area (Å²) in [7, 11) is 0. The third-order valence-corrected chi connectivity index (χ3v) is 2.72. The number of aliphatic hydroxyl groups excluding tert-OH is 3. The summed E-state index contributed by atoms with van der Waals surface area (Å²) in [4.78, 5) is 0. The molecule has 0 aromatic heterocycles. The van der Waals surface area contributed by atoms with Crippen molar-refractivity contribution < 1.29 is 19.7 Å². The molecule has 0 aliphatic rings. The molecule has 1 rings (SSSR count). The molecule has 96 valence electrons. The van der Waals surface area contributed by atoms with Crippen molar-refractivity contribution in [2.24, 2.45) is 0 Å². The van der Waals surface area contributed by atoms with E-state index in [0.29, 0.717) is 5.56 Å². The third kappa shape index (κ3) is 3.90. The summed E-state index contributed by atoms with van der Waals surface area (Å²) in [5, 5.41) is 30.3. The van der Waals surface area contributed by atoms with Crippen molar-refractivity contribution in [3.8, 4) is 0 Å². The lowest BCUT2D eigenvalue weighted by Crippen LogP contribution is -2.54. The third-order valence-electron chi connectivity index (χ3n) is 2.50. The zero-order chi connectivity index (χ0) is 12.9. The van der Waals surface area contributed by atoms with Crippen LogP contribution in [-0.4, -0.2) is 40.7 Å². The minimum absolute atomic E-state index is 0.180. The van der Waals surface area contributed by atoms with E-state index in [0.717, 1.165) is 0 Å². The summed E-state index contributed by atoms with van der Waals surface area (Å²) < 4.78 is 13.0. The molecule has 0 radical (unpaired) electrons. The van der Waals surface area contributed by atoms with Crippen molar-refractivity contribution in [1.82, 2.24) is 5.32 Å². The van der Waals surface area contributed by atoms with Gasteiger partial charge in [0.2, 0.25) is 0 Å². The van der Waals surface area contributed by atoms with E-state index in [1.54, 1.807) is 6.07 Å². The molecule has 0 aliphatic carbocycles. The van der Waals surface area contributed by atoms with Crippen LogP contribution in [0, 0.1) is 5.82 Å². The second-order valence-corrected chi connectivity index (χ2v) is 4.32. The van der Waals surface area contributed by atoms with Crippen molar-refractivity contribution in [3.05, 3.63) is 34.6 Å². The van der Waals surface area contributed by atoms with Gasteiger partial charge in [-0.2, -0.15) is 0 Å². The first-order valence-corrected chi connectivity index (χ1v) is 5.45. The first-order chi connectivity index (χ1) is 8.05. The number of rotatable bonds is 6. The fraction of sp³-hybridized carbons (Fsp3) is 0.455. The quantitative estimate of drug-likeness (QED) is 0.595. The molecular weight excluding hydrogens is 249 g/mol. The largest absolute Gasteiger partial charge is 0.394 e. The topological polar surface area (TPSA) is 72.7 Å². The minimum Gasteiger partial charge on any atom is -0.394 e. The summed E-state index contributed by atoms with van der Waals surface area (Å²) in [6.45, 7) is -1.10. The van der Waals surface area contributed by atoms with E-state index in [1.165, 1.54) is 12.1 Å². The standard InChI is InChI=1S/C11H15ClFNO3/c12-9-1-8(2-10(13)3-9)4-14-11(5-15,6-16)7-17/h1-3,14-17H,4-7H2. The Kier molecular flexibility index (Phi) is 5.30. The van der Waals surface area contributed by atoms with E-state index in [9.17, 15) is 4.39 Å². The van der Waals surface area contributed by atoms with Gasteiger partial charge in [-0.1, -0.05) is 11.6 Å². The van der Waals surface area contributed by atoms with Crippen LogP contribution in [0.5, 0.6) is 0 Å². The number of halogens is 2. The van der Waals surface area contributed by atoms with Gasteiger partial charge in [0.25, 0.3) is 0 Å². The summed E-state index contributed by atoms with van der Waals surface area (Å²) in [6, 6.07) is 4.03. The molecule has 17 heavy (non-hydrogen) atoms. The zero-order valence-electron chi connectivity index (χ0n) is 9.16. The Morgan fingerprint density at radius 3 is 2.18 bits per heavy atom. The van der Waals surface area contributed by atoms with Crippen LogP contribution in [0.1, 0.15) is 5.56 Å². The number of hydrogen-bond donors (Lipinski definition) is 4. The summed E-state index contributed by atoms with van der Waals surface area (Å²) in [6.07, 6.45) is 0. The molecule has 6 heteroatoms. The SMILES string of the molecule is OCC(CO)(CO)NCc1cc(F)cc(Cl)c1. The van der Waals surface area contributed by atoms with Gasteiger partial charge in [-0.3, -0.25) is 0 Å². The molecule has 4 nitrogen and oxygen atoms in total. The molecule has 0 aliphatic heterocycles. The van der Waals surface area contributed by atoms with Crippen LogP contribution in [0.4, 0.5) is 4.39 Å². The lowest BCUT2D eigenvalue weighted by atomic mass is 10.0. The second-order valence-electron chi connectivity index (χ2n) is 3.89. The molecule has 1 aromatic carbocycles. The Balaban J connectivity index is 2.71. The van der Waals surface area contributed by atoms with E-state index in [1.807, 2.05) is 0 Å². The van der Waals surface area contributed by atoms with Crippen molar-refractivity contribution >= 4 is 11.6 Å². The average Bonchev–Trinajstić information content (AvgIpc) is 2.30. The molecule has 0 saturated carbocycles. The molecular formula is C11H15ClFNO3. The maximum absolute atomic E-state index is 13.0. The minimum atomic E-state index is -1.18. The van der Waals surface area contributed by atoms with Gasteiger partial charge in [0.1, 0.15) is 5.82 Å². The Labute approximate surface area is 104 Å². The van der Waals surface area contributed by atoms with Crippen LogP contribution in [-0.2, 0) is 6.54 Å². The summed E-state index contributed by atoms with van der Waals surface area (Å²) in [5.74, 6) is -0.461. The predicted octanol–water partition coefficient (Wildman–Crippen LogP) is 0.284. The number of aliphatic hydroxyl groups is 3. The van der Waals surface area contributed by atoms with Gasteiger partial charge in [0.15, 0.2) is 0 Å². The van der Waals surface area contributed by atoms with Crippen LogP contribution in [0.2, 0.25) is 5.02 Å². The van der Waals surface area contributed by atoms with Gasteiger partial charge >= 0.3 is 0 Å². The normalized spacial score (nSPS) is 11.8. The molecule has 0 amide bonds. The molecule has 0 heterocycles. The van der Waals surface area contributed by atoms with Crippen LogP contribution in [0.3, 0.4) is 0 Å². The summed E-state index contributed by atoms with van der Waals surface area (Å²) >= 11 is 5.69. The van der Waals surface area contributed by atoms with Gasteiger partial charge in [-0.25, -0.2) is 4.39 Å². The maximum Gasteiger partial charge on any atom is 0.125 e. The smallest absolute Gasteiger partial charge is 0.125 e. The van der Waals surface area contributed by atoms with Gasteiger partial charge in [0, 0.05) is 11.6 Å². The summed E-state index contributed by atoms with van der Waals surface area (Å²) in [5.41, 5.74) is -0.617. The highest BCUT2D eigenvalue weighted by Crippen LogP contribution is 2.15. The van der Waals surface area contributed by atoms with Crippen molar-refractivity contribution in [2.45, 2.75) is 12.1 Å². The Morgan fingerprint density at radius 1 is 1.12 bits per heavy atom. The fourth-order valence-electron chi connectivity index (χ4n) is 1.32. The highest BCUT2D eigenvalue weighted by Gasteiger charge is 2.27. The number of nitrogens with one attached hydrogen (secondary N) is 1. The molecule has 0 fully saturated rings. The van der Waals surface area contributed by atoms with Gasteiger partial charge in [-0.15, -0.1) is 0 Å². The Morgan fingerprint density at radius 2 is 1.71 bits per heavy atom.